The largest absolute Gasteiger partial charge is 0.447 e. The van der Waals surface area contributed by atoms with E-state index in [1.54, 1.807) is 41.3 Å². The Balaban J connectivity index is 0.896. The number of unbranched alkanes of at least 4 members (excludes halogenated alkanes) is 8. The number of imide groups is 2. The summed E-state index contributed by atoms with van der Waals surface area (Å²) in [5.41, 5.74) is 2.97. The number of hydrogen-bond donors (Lipinski definition) is 1. The summed E-state index contributed by atoms with van der Waals surface area (Å²) in [5.74, 6) is -2.16. The second kappa shape index (κ2) is 17.8. The van der Waals surface area contributed by atoms with E-state index in [9.17, 15) is 33.6 Å². The first-order valence-electron chi connectivity index (χ1n) is 23.8. The molecule has 1 aliphatic carbocycles. The van der Waals surface area contributed by atoms with Gasteiger partial charge in [-0.15, -0.1) is 0 Å². The van der Waals surface area contributed by atoms with E-state index in [0.29, 0.717) is 44.2 Å². The first kappa shape index (κ1) is 43.6. The third-order valence-corrected chi connectivity index (χ3v) is 14.1. The average Bonchev–Trinajstić information content (AvgIpc) is 3.34. The molecule has 0 bridgehead atoms. The van der Waals surface area contributed by atoms with Crippen molar-refractivity contribution in [3.8, 4) is 0 Å². The molecule has 2 aliphatic heterocycles. The van der Waals surface area contributed by atoms with E-state index in [-0.39, 0.29) is 59.4 Å². The van der Waals surface area contributed by atoms with Gasteiger partial charge in [-0.2, -0.15) is 0 Å². The maximum absolute atomic E-state index is 14.6. The number of nitrogens with zero attached hydrogens (tertiary/aromatic N) is 2. The van der Waals surface area contributed by atoms with Gasteiger partial charge in [0, 0.05) is 67.0 Å². The second-order valence-electron chi connectivity index (χ2n) is 18.2. The molecule has 0 radical (unpaired) electrons. The fourth-order valence-electron chi connectivity index (χ4n) is 10.8. The summed E-state index contributed by atoms with van der Waals surface area (Å²) in [6.07, 6.45) is 11.8. The molecule has 338 valence electrons. The van der Waals surface area contributed by atoms with Crippen LogP contribution in [0.15, 0.2) is 91.0 Å². The Kier molecular flexibility index (Phi) is 11.6. The molecule has 0 saturated carbocycles. The van der Waals surface area contributed by atoms with Gasteiger partial charge in [0.15, 0.2) is 11.6 Å². The highest BCUT2D eigenvalue weighted by molar-refractivity contribution is 6.41. The Morgan fingerprint density at radius 2 is 0.925 bits per heavy atom. The number of carbonyl (C=O) groups excluding carboxylic acids is 7. The molecule has 11 heteroatoms. The number of nitrogens with one attached hydrogen (secondary N) is 1. The van der Waals surface area contributed by atoms with Crippen molar-refractivity contribution in [2.24, 2.45) is 0 Å². The minimum Gasteiger partial charge on any atom is -0.447 e. The molecule has 5 amide bonds. The fourth-order valence-corrected chi connectivity index (χ4v) is 10.8. The summed E-state index contributed by atoms with van der Waals surface area (Å²) in [6.45, 7) is 3.87. The smallest absolute Gasteiger partial charge is 0.411 e. The Morgan fingerprint density at radius 3 is 1.42 bits per heavy atom. The van der Waals surface area contributed by atoms with Gasteiger partial charge in [-0.3, -0.25) is 43.9 Å². The molecule has 3 aliphatic rings. The van der Waals surface area contributed by atoms with Crippen molar-refractivity contribution >= 4 is 90.1 Å². The zero-order chi connectivity index (χ0) is 46.5. The number of amides is 5. The molecule has 0 fully saturated rings. The van der Waals surface area contributed by atoms with E-state index in [1.165, 1.54) is 31.0 Å². The number of rotatable bonds is 17. The topological polar surface area (TPSA) is 147 Å². The molecular formula is C56H51N3O8. The summed E-state index contributed by atoms with van der Waals surface area (Å²) in [5, 5.41) is 8.58. The van der Waals surface area contributed by atoms with Crippen LogP contribution in [0.1, 0.15) is 164 Å². The molecule has 0 atom stereocenters. The molecule has 1 N–H and O–H groups in total. The number of fused-ring (bicyclic) bond motifs is 4. The molecule has 11 nitrogen and oxygen atoms in total. The average molecular weight is 894 g/mol. The Labute approximate surface area is 387 Å². The highest BCUT2D eigenvalue weighted by Gasteiger charge is 2.39. The quantitative estimate of drug-likeness (QED) is 0.0411. The van der Waals surface area contributed by atoms with E-state index in [2.05, 4.69) is 19.2 Å². The second-order valence-corrected chi connectivity index (χ2v) is 18.2. The van der Waals surface area contributed by atoms with Gasteiger partial charge >= 0.3 is 6.09 Å². The van der Waals surface area contributed by atoms with Crippen molar-refractivity contribution in [1.82, 2.24) is 9.80 Å². The van der Waals surface area contributed by atoms with Crippen molar-refractivity contribution in [3.05, 3.63) is 136 Å². The van der Waals surface area contributed by atoms with Gasteiger partial charge in [-0.05, 0) is 87.6 Å². The number of ether oxygens (including phenoxy) is 1. The van der Waals surface area contributed by atoms with Gasteiger partial charge in [0.2, 0.25) is 0 Å². The van der Waals surface area contributed by atoms with Gasteiger partial charge in [0.1, 0.15) is 6.61 Å². The highest BCUT2D eigenvalue weighted by atomic mass is 16.5. The predicted molar refractivity (Wildman–Crippen MR) is 259 cm³/mol. The first-order chi connectivity index (χ1) is 32.6. The maximum atomic E-state index is 14.6. The molecule has 2 heterocycles. The summed E-state index contributed by atoms with van der Waals surface area (Å²) in [7, 11) is 0. The van der Waals surface area contributed by atoms with Crippen molar-refractivity contribution < 1.29 is 38.3 Å². The number of benzene rings is 7. The van der Waals surface area contributed by atoms with Crippen molar-refractivity contribution in [2.75, 3.05) is 18.5 Å². The van der Waals surface area contributed by atoms with Gasteiger partial charge < -0.3 is 4.74 Å². The normalized spacial score (nSPS) is 14.4. The summed E-state index contributed by atoms with van der Waals surface area (Å²) in [6, 6.07) is 25.6. The number of ketones is 2. The maximum Gasteiger partial charge on any atom is 0.411 e. The molecule has 7 aromatic rings. The lowest BCUT2D eigenvalue weighted by Gasteiger charge is -2.35. The molecule has 0 saturated heterocycles. The number of hydrogen-bond acceptors (Lipinski definition) is 8. The van der Waals surface area contributed by atoms with Gasteiger partial charge in [-0.25, -0.2) is 4.79 Å². The van der Waals surface area contributed by atoms with Crippen LogP contribution in [0.4, 0.5) is 10.5 Å². The standard InChI is InChI=1S/C56H51N3O8/c1-3-5-7-9-11-15-33(16-12-10-8-6-4-2)59-54(64)43-27-23-36-34-21-25-41-48-42(26-22-35(46(34)48)37-24-28-44(55(59)65)49(43)47(36)37)53(63)58(52(41)62)29-30-67-56(66)57-32-19-20-40-45(31-32)51(61)39-18-14-13-17-38(39)50(40)60/h13-14,17-28,31,33H,3-12,15-16,29-30H2,1-2H3,(H,57,66). The van der Waals surface area contributed by atoms with E-state index in [1.807, 2.05) is 36.4 Å². The van der Waals surface area contributed by atoms with Crippen LogP contribution in [-0.4, -0.2) is 70.3 Å². The van der Waals surface area contributed by atoms with Crippen LogP contribution in [0.2, 0.25) is 0 Å². The van der Waals surface area contributed by atoms with E-state index in [4.69, 9.17) is 4.74 Å². The van der Waals surface area contributed by atoms with Crippen molar-refractivity contribution in [1.29, 1.82) is 0 Å². The zero-order valence-corrected chi connectivity index (χ0v) is 37.8. The lowest BCUT2D eigenvalue weighted by Crippen LogP contribution is -2.47. The van der Waals surface area contributed by atoms with Crippen LogP contribution in [-0.2, 0) is 4.74 Å². The Bertz CT molecular complexity index is 3110. The molecule has 10 rings (SSSR count). The number of carbonyl (C=O) groups is 7. The van der Waals surface area contributed by atoms with Crippen LogP contribution < -0.4 is 5.32 Å². The van der Waals surface area contributed by atoms with Crippen LogP contribution in [0.25, 0.3) is 43.1 Å². The Morgan fingerprint density at radius 1 is 0.493 bits per heavy atom. The monoisotopic (exact) mass is 893 g/mol. The van der Waals surface area contributed by atoms with Gasteiger partial charge in [-0.1, -0.05) is 127 Å². The molecule has 67 heavy (non-hydrogen) atoms. The number of anilines is 1. The Hall–Kier alpha value is -7.27. The molecular weight excluding hydrogens is 843 g/mol. The zero-order valence-electron chi connectivity index (χ0n) is 37.8. The highest BCUT2D eigenvalue weighted by Crippen LogP contribution is 2.47. The predicted octanol–water partition coefficient (Wildman–Crippen LogP) is 12.0. The fraction of sp³-hybridized carbons (Fsp3) is 0.304. The SMILES string of the molecule is CCCCCCCC(CCCCCCC)N1C(=O)c2ccc3c4ccc5c6c(ccc(c7ccc(c2c37)C1=O)c64)C(=O)N(CCOC(=O)Nc1ccc2c(c1)C(=O)c1ccccc1C2=O)C5=O. The third kappa shape index (κ3) is 7.32. The summed E-state index contributed by atoms with van der Waals surface area (Å²) < 4.78 is 5.42. The minimum atomic E-state index is -0.865. The third-order valence-electron chi connectivity index (χ3n) is 14.1. The van der Waals surface area contributed by atoms with E-state index < -0.39 is 17.9 Å². The molecule has 0 unspecified atom stereocenters. The minimum absolute atomic E-state index is 0.168. The van der Waals surface area contributed by atoms with Crippen LogP contribution >= 0.6 is 0 Å². The van der Waals surface area contributed by atoms with Crippen molar-refractivity contribution in [3.63, 3.8) is 0 Å². The van der Waals surface area contributed by atoms with Crippen LogP contribution in [0.3, 0.4) is 0 Å². The molecule has 0 spiro atoms. The first-order valence-corrected chi connectivity index (χ1v) is 23.8. The van der Waals surface area contributed by atoms with Gasteiger partial charge in [0.05, 0.1) is 6.54 Å². The lowest BCUT2D eigenvalue weighted by atomic mass is 9.82. The summed E-state index contributed by atoms with van der Waals surface area (Å²) in [4.78, 5) is 99.3. The summed E-state index contributed by atoms with van der Waals surface area (Å²) >= 11 is 0. The van der Waals surface area contributed by atoms with Crippen molar-refractivity contribution in [2.45, 2.75) is 96.9 Å². The van der Waals surface area contributed by atoms with Crippen LogP contribution in [0.5, 0.6) is 0 Å². The van der Waals surface area contributed by atoms with Gasteiger partial charge in [0.25, 0.3) is 23.6 Å². The molecule has 0 aromatic heterocycles. The van der Waals surface area contributed by atoms with Crippen LogP contribution in [0, 0.1) is 0 Å². The lowest BCUT2D eigenvalue weighted by molar-refractivity contribution is 0.0513. The van der Waals surface area contributed by atoms with E-state index in [0.717, 1.165) is 101 Å². The molecule has 7 aromatic carbocycles. The van der Waals surface area contributed by atoms with E-state index >= 15 is 0 Å².